The molecule has 0 unspecified atom stereocenters. The summed E-state index contributed by atoms with van der Waals surface area (Å²) in [5, 5.41) is 3.04. The van der Waals surface area contributed by atoms with Crippen LogP contribution in [0.15, 0.2) is 22.8 Å². The monoisotopic (exact) mass is 253 g/mol. The zero-order chi connectivity index (χ0) is 13.1. The van der Waals surface area contributed by atoms with Gasteiger partial charge >= 0.3 is 11.9 Å². The standard InChI is InChI=1S/C12H15NO5/c1-16-11(14)7-6-8(12(15)17-2)13-10(7)9-4-3-5-18-9/h3-5,7-8,10,13H,6H2,1-2H3/t7-,8+,10-/m0/s1. The molecule has 6 heteroatoms. The van der Waals surface area contributed by atoms with Crippen molar-refractivity contribution in [1.82, 2.24) is 5.32 Å². The number of methoxy groups -OCH3 is 2. The van der Waals surface area contributed by atoms with Crippen LogP contribution in [-0.4, -0.2) is 32.2 Å². The predicted octanol–water partition coefficient (Wildman–Crippen LogP) is 0.645. The number of ether oxygens (including phenoxy) is 2. The van der Waals surface area contributed by atoms with Gasteiger partial charge in [0.1, 0.15) is 11.8 Å². The average molecular weight is 253 g/mol. The third-order valence-corrected chi connectivity index (χ3v) is 3.11. The second-order valence-corrected chi connectivity index (χ2v) is 4.10. The number of esters is 2. The van der Waals surface area contributed by atoms with E-state index in [9.17, 15) is 9.59 Å². The fourth-order valence-electron chi connectivity index (χ4n) is 2.23. The van der Waals surface area contributed by atoms with Crippen molar-refractivity contribution >= 4 is 11.9 Å². The number of rotatable bonds is 3. The van der Waals surface area contributed by atoms with E-state index in [0.29, 0.717) is 12.2 Å². The summed E-state index contributed by atoms with van der Waals surface area (Å²) in [6.07, 6.45) is 1.86. The van der Waals surface area contributed by atoms with Crippen LogP contribution in [0.25, 0.3) is 0 Å². The summed E-state index contributed by atoms with van der Waals surface area (Å²) in [7, 11) is 2.64. The van der Waals surface area contributed by atoms with Crippen molar-refractivity contribution in [1.29, 1.82) is 0 Å². The van der Waals surface area contributed by atoms with Crippen LogP contribution in [0, 0.1) is 5.92 Å². The fraction of sp³-hybridized carbons (Fsp3) is 0.500. The highest BCUT2D eigenvalue weighted by Gasteiger charge is 2.44. The van der Waals surface area contributed by atoms with E-state index in [4.69, 9.17) is 9.15 Å². The molecule has 0 amide bonds. The molecule has 1 aliphatic heterocycles. The van der Waals surface area contributed by atoms with Crippen LogP contribution in [0.2, 0.25) is 0 Å². The maximum Gasteiger partial charge on any atom is 0.322 e. The van der Waals surface area contributed by atoms with Crippen LogP contribution in [0.4, 0.5) is 0 Å². The van der Waals surface area contributed by atoms with Gasteiger partial charge in [-0.25, -0.2) is 0 Å². The summed E-state index contributed by atoms with van der Waals surface area (Å²) in [5.74, 6) is -0.602. The Kier molecular flexibility index (Phi) is 3.66. The average Bonchev–Trinajstić information content (AvgIpc) is 3.04. The van der Waals surface area contributed by atoms with Crippen LogP contribution in [-0.2, 0) is 19.1 Å². The first kappa shape index (κ1) is 12.6. The number of carbonyl (C=O) groups is 2. The smallest absolute Gasteiger partial charge is 0.322 e. The maximum absolute atomic E-state index is 11.7. The largest absolute Gasteiger partial charge is 0.469 e. The van der Waals surface area contributed by atoms with Crippen molar-refractivity contribution in [2.45, 2.75) is 18.5 Å². The predicted molar refractivity (Wildman–Crippen MR) is 60.5 cm³/mol. The van der Waals surface area contributed by atoms with Crippen molar-refractivity contribution in [2.75, 3.05) is 14.2 Å². The molecule has 0 bridgehead atoms. The third kappa shape index (κ3) is 2.24. The molecule has 1 aromatic heterocycles. The van der Waals surface area contributed by atoms with Crippen LogP contribution >= 0.6 is 0 Å². The Hall–Kier alpha value is -1.82. The van der Waals surface area contributed by atoms with Crippen molar-refractivity contribution < 1.29 is 23.5 Å². The molecule has 0 aromatic carbocycles. The van der Waals surface area contributed by atoms with Gasteiger partial charge < -0.3 is 13.9 Å². The highest BCUT2D eigenvalue weighted by molar-refractivity contribution is 5.80. The quantitative estimate of drug-likeness (QED) is 0.797. The van der Waals surface area contributed by atoms with E-state index in [1.165, 1.54) is 20.5 Å². The van der Waals surface area contributed by atoms with Gasteiger partial charge in [-0.15, -0.1) is 0 Å². The minimum absolute atomic E-state index is 0.338. The van der Waals surface area contributed by atoms with E-state index in [1.54, 1.807) is 12.1 Å². The van der Waals surface area contributed by atoms with Gasteiger partial charge in [0.05, 0.1) is 32.4 Å². The molecular weight excluding hydrogens is 238 g/mol. The first-order chi connectivity index (χ1) is 8.67. The highest BCUT2D eigenvalue weighted by atomic mass is 16.5. The summed E-state index contributed by atoms with van der Waals surface area (Å²) in [4.78, 5) is 23.2. The van der Waals surface area contributed by atoms with E-state index in [1.807, 2.05) is 0 Å². The molecule has 1 N–H and O–H groups in total. The van der Waals surface area contributed by atoms with Gasteiger partial charge in [0.2, 0.25) is 0 Å². The maximum atomic E-state index is 11.7. The lowest BCUT2D eigenvalue weighted by atomic mass is 9.97. The highest BCUT2D eigenvalue weighted by Crippen LogP contribution is 2.34. The Balaban J connectivity index is 2.20. The van der Waals surface area contributed by atoms with Crippen molar-refractivity contribution in [3.05, 3.63) is 24.2 Å². The number of carbonyl (C=O) groups excluding carboxylic acids is 2. The number of furan rings is 1. The van der Waals surface area contributed by atoms with Crippen LogP contribution in [0.1, 0.15) is 18.2 Å². The second kappa shape index (κ2) is 5.22. The minimum atomic E-state index is -0.519. The molecule has 0 radical (unpaired) electrons. The molecule has 0 aliphatic carbocycles. The molecular formula is C12H15NO5. The van der Waals surface area contributed by atoms with Crippen LogP contribution in [0.5, 0.6) is 0 Å². The molecule has 1 saturated heterocycles. The Labute approximate surface area is 104 Å². The Bertz CT molecular complexity index is 428. The molecule has 6 nitrogen and oxygen atoms in total. The minimum Gasteiger partial charge on any atom is -0.469 e. The molecule has 0 saturated carbocycles. The van der Waals surface area contributed by atoms with Gasteiger partial charge in [-0.3, -0.25) is 14.9 Å². The third-order valence-electron chi connectivity index (χ3n) is 3.11. The first-order valence-corrected chi connectivity index (χ1v) is 5.62. The molecule has 1 fully saturated rings. The lowest BCUT2D eigenvalue weighted by Crippen LogP contribution is -2.33. The summed E-state index contributed by atoms with van der Waals surface area (Å²) in [6.45, 7) is 0. The molecule has 2 rings (SSSR count). The summed E-state index contributed by atoms with van der Waals surface area (Å²) in [6, 6.07) is 2.61. The van der Waals surface area contributed by atoms with Crippen LogP contribution in [0.3, 0.4) is 0 Å². The zero-order valence-corrected chi connectivity index (χ0v) is 10.2. The van der Waals surface area contributed by atoms with Crippen LogP contribution < -0.4 is 5.32 Å². The van der Waals surface area contributed by atoms with Crippen molar-refractivity contribution in [3.8, 4) is 0 Å². The molecule has 1 aliphatic rings. The lowest BCUT2D eigenvalue weighted by Gasteiger charge is -2.14. The first-order valence-electron chi connectivity index (χ1n) is 5.62. The summed E-state index contributed by atoms with van der Waals surface area (Å²) >= 11 is 0. The number of hydrogen-bond donors (Lipinski definition) is 1. The molecule has 2 heterocycles. The topological polar surface area (TPSA) is 77.8 Å². The Morgan fingerprint density at radius 3 is 2.61 bits per heavy atom. The normalized spacial score (nSPS) is 26.9. The molecule has 0 spiro atoms. The van der Waals surface area contributed by atoms with Gasteiger partial charge in [0.15, 0.2) is 0 Å². The Morgan fingerprint density at radius 1 is 1.33 bits per heavy atom. The number of hydrogen-bond acceptors (Lipinski definition) is 6. The van der Waals surface area contributed by atoms with Gasteiger partial charge in [0, 0.05) is 0 Å². The lowest BCUT2D eigenvalue weighted by molar-refractivity contribution is -0.146. The second-order valence-electron chi connectivity index (χ2n) is 4.10. The molecule has 18 heavy (non-hydrogen) atoms. The van der Waals surface area contributed by atoms with Crippen molar-refractivity contribution in [2.24, 2.45) is 5.92 Å². The van der Waals surface area contributed by atoms with E-state index >= 15 is 0 Å². The van der Waals surface area contributed by atoms with Gasteiger partial charge in [-0.05, 0) is 18.6 Å². The molecule has 98 valence electrons. The number of nitrogens with one attached hydrogen (secondary N) is 1. The zero-order valence-electron chi connectivity index (χ0n) is 10.2. The van der Waals surface area contributed by atoms with Crippen molar-refractivity contribution in [3.63, 3.8) is 0 Å². The van der Waals surface area contributed by atoms with Gasteiger partial charge in [-0.2, -0.15) is 0 Å². The van der Waals surface area contributed by atoms with E-state index in [0.717, 1.165) is 0 Å². The SMILES string of the molecule is COC(=O)[C@H]1C[C@H](C(=O)OC)N[C@@H]1c1ccco1. The summed E-state index contributed by atoms with van der Waals surface area (Å²) < 4.78 is 14.7. The fourth-order valence-corrected chi connectivity index (χ4v) is 2.23. The molecule has 3 atom stereocenters. The van der Waals surface area contributed by atoms with Gasteiger partial charge in [-0.1, -0.05) is 0 Å². The van der Waals surface area contributed by atoms with E-state index in [2.05, 4.69) is 10.1 Å². The Morgan fingerprint density at radius 2 is 2.06 bits per heavy atom. The van der Waals surface area contributed by atoms with E-state index in [-0.39, 0.29) is 12.0 Å². The molecule has 1 aromatic rings. The van der Waals surface area contributed by atoms with Gasteiger partial charge in [0.25, 0.3) is 0 Å². The summed E-state index contributed by atoms with van der Waals surface area (Å²) in [5.41, 5.74) is 0. The van der Waals surface area contributed by atoms with E-state index < -0.39 is 17.9 Å².